The minimum atomic E-state index is -0.534. The van der Waals surface area contributed by atoms with Crippen molar-refractivity contribution in [2.75, 3.05) is 6.61 Å². The van der Waals surface area contributed by atoms with Gasteiger partial charge in [0.2, 0.25) is 0 Å². The molecule has 1 heterocycles. The van der Waals surface area contributed by atoms with Gasteiger partial charge in [-0.1, -0.05) is 56.0 Å². The zero-order valence-electron chi connectivity index (χ0n) is 12.1. The lowest BCUT2D eigenvalue weighted by atomic mass is 9.85. The van der Waals surface area contributed by atoms with Crippen molar-refractivity contribution >= 4 is 5.97 Å². The van der Waals surface area contributed by atoms with Crippen LogP contribution in [0.4, 0.5) is 0 Å². The second kappa shape index (κ2) is 5.57. The average molecular weight is 273 g/mol. The van der Waals surface area contributed by atoms with Crippen LogP contribution in [0.25, 0.3) is 0 Å². The van der Waals surface area contributed by atoms with Crippen molar-refractivity contribution in [3.8, 4) is 0 Å². The zero-order chi connectivity index (χ0) is 14.0. The highest BCUT2D eigenvalue weighted by Gasteiger charge is 2.43. The molecule has 2 fully saturated rings. The Morgan fingerprint density at radius 3 is 2.65 bits per heavy atom. The first-order chi connectivity index (χ1) is 9.67. The number of hydrogen-bond donors (Lipinski definition) is 1. The predicted octanol–water partition coefficient (Wildman–Crippen LogP) is 3.21. The Hall–Kier alpha value is -1.35. The van der Waals surface area contributed by atoms with Gasteiger partial charge in [-0.2, -0.15) is 0 Å². The molecule has 0 bridgehead atoms. The van der Waals surface area contributed by atoms with Crippen molar-refractivity contribution in [3.63, 3.8) is 0 Å². The van der Waals surface area contributed by atoms with E-state index < -0.39 is 5.54 Å². The van der Waals surface area contributed by atoms with Gasteiger partial charge in [-0.25, -0.2) is 0 Å². The van der Waals surface area contributed by atoms with Gasteiger partial charge in [-0.15, -0.1) is 0 Å². The molecule has 1 N–H and O–H groups in total. The Balaban J connectivity index is 1.73. The van der Waals surface area contributed by atoms with Crippen LogP contribution in [-0.4, -0.2) is 18.1 Å². The van der Waals surface area contributed by atoms with E-state index in [2.05, 4.69) is 17.4 Å². The van der Waals surface area contributed by atoms with E-state index in [1.807, 2.05) is 25.1 Å². The van der Waals surface area contributed by atoms with Gasteiger partial charge in [0.1, 0.15) is 12.1 Å². The van der Waals surface area contributed by atoms with Crippen molar-refractivity contribution in [2.45, 2.75) is 50.6 Å². The first-order valence-corrected chi connectivity index (χ1v) is 7.67. The van der Waals surface area contributed by atoms with Crippen molar-refractivity contribution in [3.05, 3.63) is 35.9 Å². The first kappa shape index (κ1) is 13.6. The van der Waals surface area contributed by atoms with Crippen molar-refractivity contribution in [1.82, 2.24) is 5.32 Å². The summed E-state index contributed by atoms with van der Waals surface area (Å²) in [5.74, 6) is 0.575. The van der Waals surface area contributed by atoms with Crippen LogP contribution in [-0.2, 0) is 9.53 Å². The summed E-state index contributed by atoms with van der Waals surface area (Å²) in [6.45, 7) is 2.44. The molecule has 0 spiro atoms. The summed E-state index contributed by atoms with van der Waals surface area (Å²) < 4.78 is 5.47. The van der Waals surface area contributed by atoms with E-state index in [0.29, 0.717) is 12.5 Å². The average Bonchev–Trinajstić information content (AvgIpc) is 2.96. The summed E-state index contributed by atoms with van der Waals surface area (Å²) in [6.07, 6.45) is 6.01. The van der Waals surface area contributed by atoms with Crippen LogP contribution in [0, 0.1) is 5.92 Å². The third-order valence-corrected chi connectivity index (χ3v) is 4.70. The molecule has 1 saturated heterocycles. The SMILES string of the molecule is C[C@@]1(CC2CCCC2)N[C@@H](c2ccccc2)COC1=O. The molecule has 3 nitrogen and oxygen atoms in total. The van der Waals surface area contributed by atoms with Gasteiger partial charge < -0.3 is 4.74 Å². The second-order valence-corrected chi connectivity index (χ2v) is 6.39. The van der Waals surface area contributed by atoms with E-state index in [0.717, 1.165) is 6.42 Å². The van der Waals surface area contributed by atoms with Crippen LogP contribution >= 0.6 is 0 Å². The summed E-state index contributed by atoms with van der Waals surface area (Å²) in [5.41, 5.74) is 0.658. The summed E-state index contributed by atoms with van der Waals surface area (Å²) in [6, 6.07) is 10.4. The maximum absolute atomic E-state index is 12.2. The zero-order valence-corrected chi connectivity index (χ0v) is 12.1. The normalized spacial score (nSPS) is 31.2. The standard InChI is InChI=1S/C17H23NO2/c1-17(11-13-7-5-6-8-13)16(19)20-12-15(18-17)14-9-3-2-4-10-14/h2-4,9-10,13,15,18H,5-8,11-12H2,1H3/t15-,17+/m1/s1. The fraction of sp³-hybridized carbons (Fsp3) is 0.588. The molecule has 0 radical (unpaired) electrons. The maximum Gasteiger partial charge on any atom is 0.326 e. The number of morpholine rings is 1. The third-order valence-electron chi connectivity index (χ3n) is 4.70. The lowest BCUT2D eigenvalue weighted by Gasteiger charge is -2.39. The summed E-state index contributed by atoms with van der Waals surface area (Å²) in [4.78, 5) is 12.2. The molecule has 0 aromatic heterocycles. The van der Waals surface area contributed by atoms with Crippen molar-refractivity contribution < 1.29 is 9.53 Å². The van der Waals surface area contributed by atoms with Gasteiger partial charge in [0.15, 0.2) is 0 Å². The number of cyclic esters (lactones) is 1. The van der Waals surface area contributed by atoms with E-state index in [9.17, 15) is 4.79 Å². The Kier molecular flexibility index (Phi) is 3.79. The first-order valence-electron chi connectivity index (χ1n) is 7.67. The van der Waals surface area contributed by atoms with Gasteiger partial charge in [0.25, 0.3) is 0 Å². The van der Waals surface area contributed by atoms with Gasteiger partial charge >= 0.3 is 5.97 Å². The highest BCUT2D eigenvalue weighted by atomic mass is 16.5. The summed E-state index contributed by atoms with van der Waals surface area (Å²) in [5, 5.41) is 3.55. The van der Waals surface area contributed by atoms with Crippen molar-refractivity contribution in [2.24, 2.45) is 5.92 Å². The minimum absolute atomic E-state index is 0.0865. The lowest BCUT2D eigenvalue weighted by Crippen LogP contribution is -2.57. The summed E-state index contributed by atoms with van der Waals surface area (Å²) in [7, 11) is 0. The van der Waals surface area contributed by atoms with Gasteiger partial charge in [0.05, 0.1) is 6.04 Å². The molecular weight excluding hydrogens is 250 g/mol. The Morgan fingerprint density at radius 1 is 1.25 bits per heavy atom. The molecule has 0 unspecified atom stereocenters. The van der Waals surface area contributed by atoms with Crippen LogP contribution in [0.2, 0.25) is 0 Å². The number of nitrogens with one attached hydrogen (secondary N) is 1. The fourth-order valence-corrected chi connectivity index (χ4v) is 3.60. The number of rotatable bonds is 3. The number of esters is 1. The molecule has 3 heteroatoms. The molecule has 1 aromatic carbocycles. The molecule has 20 heavy (non-hydrogen) atoms. The second-order valence-electron chi connectivity index (χ2n) is 6.39. The van der Waals surface area contributed by atoms with Crippen LogP contribution < -0.4 is 5.32 Å². The van der Waals surface area contributed by atoms with E-state index in [1.165, 1.54) is 31.2 Å². The number of benzene rings is 1. The van der Waals surface area contributed by atoms with Gasteiger partial charge in [-0.3, -0.25) is 10.1 Å². The summed E-state index contributed by atoms with van der Waals surface area (Å²) >= 11 is 0. The number of hydrogen-bond acceptors (Lipinski definition) is 3. The highest BCUT2D eigenvalue weighted by molar-refractivity contribution is 5.81. The molecule has 1 aliphatic carbocycles. The van der Waals surface area contributed by atoms with E-state index in [1.54, 1.807) is 0 Å². The topological polar surface area (TPSA) is 38.3 Å². The highest BCUT2D eigenvalue weighted by Crippen LogP contribution is 2.35. The number of ether oxygens (including phenoxy) is 1. The number of carbonyl (C=O) groups excluding carboxylic acids is 1. The fourth-order valence-electron chi connectivity index (χ4n) is 3.60. The maximum atomic E-state index is 12.2. The van der Waals surface area contributed by atoms with Gasteiger partial charge in [0, 0.05) is 0 Å². The Labute approximate surface area is 120 Å². The molecule has 3 rings (SSSR count). The van der Waals surface area contributed by atoms with Crippen LogP contribution in [0.1, 0.15) is 50.6 Å². The Bertz CT molecular complexity index is 467. The van der Waals surface area contributed by atoms with Crippen LogP contribution in [0.3, 0.4) is 0 Å². The van der Waals surface area contributed by atoms with E-state index >= 15 is 0 Å². The quantitative estimate of drug-likeness (QED) is 0.859. The van der Waals surface area contributed by atoms with Gasteiger partial charge in [-0.05, 0) is 24.8 Å². The monoisotopic (exact) mass is 273 g/mol. The minimum Gasteiger partial charge on any atom is -0.462 e. The lowest BCUT2D eigenvalue weighted by molar-refractivity contribution is -0.159. The molecule has 1 saturated carbocycles. The van der Waals surface area contributed by atoms with E-state index in [-0.39, 0.29) is 12.0 Å². The van der Waals surface area contributed by atoms with Crippen LogP contribution in [0.15, 0.2) is 30.3 Å². The molecular formula is C17H23NO2. The van der Waals surface area contributed by atoms with Crippen molar-refractivity contribution in [1.29, 1.82) is 0 Å². The molecule has 0 amide bonds. The predicted molar refractivity (Wildman–Crippen MR) is 78.3 cm³/mol. The molecule has 2 atom stereocenters. The molecule has 1 aliphatic heterocycles. The van der Waals surface area contributed by atoms with E-state index in [4.69, 9.17) is 4.74 Å². The molecule has 1 aromatic rings. The molecule has 2 aliphatic rings. The number of carbonyl (C=O) groups is 1. The third kappa shape index (κ3) is 2.73. The molecule has 108 valence electrons. The Morgan fingerprint density at radius 2 is 1.95 bits per heavy atom. The largest absolute Gasteiger partial charge is 0.462 e. The smallest absolute Gasteiger partial charge is 0.326 e. The van der Waals surface area contributed by atoms with Crippen LogP contribution in [0.5, 0.6) is 0 Å².